The second kappa shape index (κ2) is 9.82. The van der Waals surface area contributed by atoms with E-state index in [-0.39, 0.29) is 24.0 Å². The molecule has 2 aromatic rings. The molecule has 0 spiro atoms. The number of para-hydroxylation sites is 1. The monoisotopic (exact) mass is 510 g/mol. The third kappa shape index (κ3) is 5.53. The van der Waals surface area contributed by atoms with Crippen LogP contribution in [0.15, 0.2) is 39.7 Å². The van der Waals surface area contributed by atoms with Crippen molar-refractivity contribution in [2.24, 2.45) is 4.99 Å². The fourth-order valence-corrected chi connectivity index (χ4v) is 3.32. The summed E-state index contributed by atoms with van der Waals surface area (Å²) in [4.78, 5) is 7.73. The molecule has 2 heterocycles. The molecule has 156 valence electrons. The van der Waals surface area contributed by atoms with Gasteiger partial charge in [0.15, 0.2) is 5.96 Å². The zero-order chi connectivity index (χ0) is 19.4. The van der Waals surface area contributed by atoms with Gasteiger partial charge in [0.2, 0.25) is 0 Å². The summed E-state index contributed by atoms with van der Waals surface area (Å²) in [5.74, 6) is 1.60. The zero-order valence-electron chi connectivity index (χ0n) is 16.0. The Kier molecular flexibility index (Phi) is 7.99. The number of hydrogen-bond acceptors (Lipinski definition) is 3. The topological polar surface area (TPSA) is 44.0 Å². The Hall–Kier alpha value is -1.49. The predicted molar refractivity (Wildman–Crippen MR) is 115 cm³/mol. The number of halogens is 4. The summed E-state index contributed by atoms with van der Waals surface area (Å²) >= 11 is 0. The van der Waals surface area contributed by atoms with Gasteiger partial charge in [0.05, 0.1) is 0 Å². The van der Waals surface area contributed by atoms with Crippen LogP contribution in [0.2, 0.25) is 0 Å². The predicted octanol–water partition coefficient (Wildman–Crippen LogP) is 3.74. The van der Waals surface area contributed by atoms with Gasteiger partial charge < -0.3 is 14.6 Å². The summed E-state index contributed by atoms with van der Waals surface area (Å²) in [5.41, 5.74) is 0.867. The third-order valence-electron chi connectivity index (χ3n) is 4.98. The van der Waals surface area contributed by atoms with E-state index in [9.17, 15) is 13.2 Å². The number of benzene rings is 1. The number of guanidine groups is 1. The van der Waals surface area contributed by atoms with Crippen LogP contribution in [0, 0.1) is 0 Å². The van der Waals surface area contributed by atoms with Gasteiger partial charge in [-0.3, -0.25) is 9.89 Å². The summed E-state index contributed by atoms with van der Waals surface area (Å²) in [6, 6.07) is 8.47. The Labute approximate surface area is 180 Å². The molecule has 9 heteroatoms. The van der Waals surface area contributed by atoms with Gasteiger partial charge >= 0.3 is 6.18 Å². The molecule has 1 atom stereocenters. The molecule has 1 aromatic carbocycles. The molecule has 1 saturated heterocycles. The molecular formula is C19H26F3IN4O. The van der Waals surface area contributed by atoms with Gasteiger partial charge in [-0.25, -0.2) is 0 Å². The van der Waals surface area contributed by atoms with E-state index in [4.69, 9.17) is 4.42 Å². The number of hydrogen-bond donors (Lipinski definition) is 1. The van der Waals surface area contributed by atoms with E-state index in [1.54, 1.807) is 7.05 Å². The van der Waals surface area contributed by atoms with Crippen LogP contribution < -0.4 is 5.32 Å². The molecule has 3 rings (SSSR count). The van der Waals surface area contributed by atoms with Crippen molar-refractivity contribution in [1.82, 2.24) is 15.1 Å². The minimum atomic E-state index is -4.19. The second-order valence-corrected chi connectivity index (χ2v) is 6.72. The van der Waals surface area contributed by atoms with Crippen LogP contribution in [0.25, 0.3) is 11.0 Å². The van der Waals surface area contributed by atoms with Crippen LogP contribution in [0.3, 0.4) is 0 Å². The van der Waals surface area contributed by atoms with Gasteiger partial charge in [-0.05, 0) is 19.1 Å². The number of piperazine rings is 1. The molecule has 0 aliphatic carbocycles. The van der Waals surface area contributed by atoms with E-state index in [0.29, 0.717) is 45.1 Å². The lowest BCUT2D eigenvalue weighted by Gasteiger charge is -2.39. The highest BCUT2D eigenvalue weighted by Crippen LogP contribution is 2.25. The maximum Gasteiger partial charge on any atom is 0.403 e. The minimum absolute atomic E-state index is 0. The molecule has 1 unspecified atom stereocenters. The van der Waals surface area contributed by atoms with Crippen molar-refractivity contribution < 1.29 is 17.6 Å². The van der Waals surface area contributed by atoms with Gasteiger partial charge in [0.25, 0.3) is 0 Å². The maximum atomic E-state index is 12.9. The van der Waals surface area contributed by atoms with Crippen molar-refractivity contribution in [3.8, 4) is 0 Å². The molecule has 0 amide bonds. The number of furan rings is 1. The van der Waals surface area contributed by atoms with Crippen LogP contribution >= 0.6 is 24.0 Å². The van der Waals surface area contributed by atoms with Gasteiger partial charge in [0, 0.05) is 51.6 Å². The van der Waals surface area contributed by atoms with Crippen molar-refractivity contribution in [2.75, 3.05) is 39.8 Å². The van der Waals surface area contributed by atoms with Gasteiger partial charge in [0.1, 0.15) is 17.4 Å². The summed E-state index contributed by atoms with van der Waals surface area (Å²) in [7, 11) is 1.69. The average Bonchev–Trinajstić information content (AvgIpc) is 3.07. The van der Waals surface area contributed by atoms with Crippen LogP contribution in [0.1, 0.15) is 12.7 Å². The number of alkyl halides is 3. The van der Waals surface area contributed by atoms with Gasteiger partial charge in [-0.1, -0.05) is 18.2 Å². The van der Waals surface area contributed by atoms with Crippen molar-refractivity contribution in [3.05, 3.63) is 36.1 Å². The molecule has 1 fully saturated rings. The molecule has 0 saturated carbocycles. The Morgan fingerprint density at radius 3 is 2.50 bits per heavy atom. The van der Waals surface area contributed by atoms with Crippen LogP contribution in [0.5, 0.6) is 0 Å². The summed E-state index contributed by atoms with van der Waals surface area (Å²) in [6.07, 6.45) is -3.48. The number of rotatable bonds is 4. The summed E-state index contributed by atoms with van der Waals surface area (Å²) < 4.78 is 44.4. The number of nitrogens with zero attached hydrogens (tertiary/aromatic N) is 3. The average molecular weight is 510 g/mol. The Bertz CT molecular complexity index is 752. The van der Waals surface area contributed by atoms with E-state index in [1.807, 2.05) is 35.2 Å². The molecule has 28 heavy (non-hydrogen) atoms. The molecule has 1 aliphatic heterocycles. The van der Waals surface area contributed by atoms with E-state index >= 15 is 0 Å². The quantitative estimate of drug-likeness (QED) is 0.387. The minimum Gasteiger partial charge on any atom is -0.461 e. The highest BCUT2D eigenvalue weighted by molar-refractivity contribution is 14.0. The SMILES string of the molecule is CN=C(NCCc1cc2ccccc2o1)N1CCN(C(C)C(F)(F)F)CC1.I. The highest BCUT2D eigenvalue weighted by Gasteiger charge is 2.41. The van der Waals surface area contributed by atoms with E-state index < -0.39 is 12.2 Å². The molecule has 1 aromatic heterocycles. The Morgan fingerprint density at radius 2 is 1.89 bits per heavy atom. The number of fused-ring (bicyclic) bond motifs is 1. The number of aliphatic imine (C=N–C) groups is 1. The Morgan fingerprint density at radius 1 is 1.21 bits per heavy atom. The molecule has 0 bridgehead atoms. The van der Waals surface area contributed by atoms with Crippen molar-refractivity contribution in [2.45, 2.75) is 25.6 Å². The van der Waals surface area contributed by atoms with E-state index in [0.717, 1.165) is 16.7 Å². The first-order valence-corrected chi connectivity index (χ1v) is 9.12. The molecule has 0 radical (unpaired) electrons. The van der Waals surface area contributed by atoms with Crippen molar-refractivity contribution >= 4 is 40.9 Å². The van der Waals surface area contributed by atoms with Crippen LogP contribution in [0.4, 0.5) is 13.2 Å². The first-order chi connectivity index (χ1) is 12.9. The first-order valence-electron chi connectivity index (χ1n) is 9.12. The summed E-state index contributed by atoms with van der Waals surface area (Å²) in [5, 5.41) is 4.36. The van der Waals surface area contributed by atoms with E-state index in [2.05, 4.69) is 10.3 Å². The van der Waals surface area contributed by atoms with Crippen molar-refractivity contribution in [1.29, 1.82) is 0 Å². The van der Waals surface area contributed by atoms with Gasteiger partial charge in [-0.15, -0.1) is 24.0 Å². The number of nitrogens with one attached hydrogen (secondary N) is 1. The first kappa shape index (κ1) is 22.8. The third-order valence-corrected chi connectivity index (χ3v) is 4.98. The smallest absolute Gasteiger partial charge is 0.403 e. The van der Waals surface area contributed by atoms with Crippen LogP contribution in [-0.4, -0.2) is 67.7 Å². The fraction of sp³-hybridized carbons (Fsp3) is 0.526. The van der Waals surface area contributed by atoms with Crippen molar-refractivity contribution in [3.63, 3.8) is 0 Å². The van der Waals surface area contributed by atoms with E-state index in [1.165, 1.54) is 11.8 Å². The van der Waals surface area contributed by atoms with Gasteiger partial charge in [-0.2, -0.15) is 13.2 Å². The Balaban J connectivity index is 0.00000280. The molecule has 1 N–H and O–H groups in total. The second-order valence-electron chi connectivity index (χ2n) is 6.72. The highest BCUT2D eigenvalue weighted by atomic mass is 127. The molecule has 1 aliphatic rings. The normalized spacial score (nSPS) is 17.5. The molecule has 5 nitrogen and oxygen atoms in total. The lowest BCUT2D eigenvalue weighted by molar-refractivity contribution is -0.181. The van der Waals surface area contributed by atoms with Crippen LogP contribution in [-0.2, 0) is 6.42 Å². The molecular weight excluding hydrogens is 484 g/mol. The summed E-state index contributed by atoms with van der Waals surface area (Å²) in [6.45, 7) is 3.63. The maximum absolute atomic E-state index is 12.9. The lowest BCUT2D eigenvalue weighted by Crippen LogP contribution is -2.56. The lowest BCUT2D eigenvalue weighted by atomic mass is 10.2. The zero-order valence-corrected chi connectivity index (χ0v) is 18.3. The standard InChI is InChI=1S/C19H25F3N4O.HI/c1-14(19(20,21)22)25-9-11-26(12-10-25)18(23-2)24-8-7-16-13-15-5-3-4-6-17(15)27-16;/h3-6,13-14H,7-12H2,1-2H3,(H,23,24);1H. The largest absolute Gasteiger partial charge is 0.461 e. The fourth-order valence-electron chi connectivity index (χ4n) is 3.32.